The standard InChI is InChI=1S/C14H22O/c1-9(2)14(15)12(5)13-7-6-10(3)8-11(13)4/h6-9,12,14-15H,1-5H3. The van der Waals surface area contributed by atoms with Crippen LogP contribution in [0.3, 0.4) is 0 Å². The second-order valence-electron chi connectivity index (χ2n) is 4.88. The molecule has 0 saturated heterocycles. The highest BCUT2D eigenvalue weighted by Crippen LogP contribution is 2.26. The number of aryl methyl sites for hydroxylation is 2. The average Bonchev–Trinajstić information content (AvgIpc) is 2.15. The smallest absolute Gasteiger partial charge is 0.0629 e. The first-order valence-corrected chi connectivity index (χ1v) is 5.68. The van der Waals surface area contributed by atoms with Crippen LogP contribution in [0.1, 0.15) is 43.4 Å². The summed E-state index contributed by atoms with van der Waals surface area (Å²) in [6.07, 6.45) is -0.258. The van der Waals surface area contributed by atoms with Crippen LogP contribution in [0, 0.1) is 19.8 Å². The molecule has 0 heterocycles. The molecule has 1 aromatic carbocycles. The summed E-state index contributed by atoms with van der Waals surface area (Å²) >= 11 is 0. The first-order valence-electron chi connectivity index (χ1n) is 5.68. The molecule has 0 aromatic heterocycles. The van der Waals surface area contributed by atoms with Crippen molar-refractivity contribution in [2.75, 3.05) is 0 Å². The van der Waals surface area contributed by atoms with Gasteiger partial charge in [-0.25, -0.2) is 0 Å². The molecular weight excluding hydrogens is 184 g/mol. The zero-order chi connectivity index (χ0) is 11.6. The van der Waals surface area contributed by atoms with Crippen molar-refractivity contribution in [3.8, 4) is 0 Å². The maximum Gasteiger partial charge on any atom is 0.0629 e. The number of rotatable bonds is 3. The summed E-state index contributed by atoms with van der Waals surface area (Å²) in [5.74, 6) is 0.520. The molecule has 0 aliphatic carbocycles. The minimum atomic E-state index is -0.258. The van der Waals surface area contributed by atoms with Crippen molar-refractivity contribution in [1.29, 1.82) is 0 Å². The van der Waals surface area contributed by atoms with Crippen molar-refractivity contribution in [3.05, 3.63) is 34.9 Å². The summed E-state index contributed by atoms with van der Waals surface area (Å²) in [4.78, 5) is 0. The Kier molecular flexibility index (Phi) is 3.92. The second kappa shape index (κ2) is 4.80. The predicted octanol–water partition coefficient (Wildman–Crippen LogP) is 3.42. The summed E-state index contributed by atoms with van der Waals surface area (Å²) < 4.78 is 0. The van der Waals surface area contributed by atoms with Gasteiger partial charge in [-0.05, 0) is 30.9 Å². The lowest BCUT2D eigenvalue weighted by Crippen LogP contribution is -2.22. The topological polar surface area (TPSA) is 20.2 Å². The molecule has 0 aliphatic heterocycles. The van der Waals surface area contributed by atoms with Crippen molar-refractivity contribution in [1.82, 2.24) is 0 Å². The summed E-state index contributed by atoms with van der Waals surface area (Å²) in [5.41, 5.74) is 3.83. The van der Waals surface area contributed by atoms with Crippen LogP contribution in [0.25, 0.3) is 0 Å². The largest absolute Gasteiger partial charge is 0.392 e. The van der Waals surface area contributed by atoms with E-state index in [4.69, 9.17) is 0 Å². The first kappa shape index (κ1) is 12.3. The fourth-order valence-corrected chi connectivity index (χ4v) is 2.10. The Balaban J connectivity index is 2.96. The Labute approximate surface area is 93.1 Å². The van der Waals surface area contributed by atoms with E-state index in [-0.39, 0.29) is 12.0 Å². The van der Waals surface area contributed by atoms with Gasteiger partial charge in [0, 0.05) is 5.92 Å². The summed E-state index contributed by atoms with van der Waals surface area (Å²) in [6, 6.07) is 6.44. The van der Waals surface area contributed by atoms with E-state index in [0.717, 1.165) is 0 Å². The fourth-order valence-electron chi connectivity index (χ4n) is 2.10. The number of hydrogen-bond donors (Lipinski definition) is 1. The van der Waals surface area contributed by atoms with Gasteiger partial charge in [-0.1, -0.05) is 44.5 Å². The van der Waals surface area contributed by atoms with Crippen molar-refractivity contribution < 1.29 is 5.11 Å². The van der Waals surface area contributed by atoms with Gasteiger partial charge in [0.05, 0.1) is 6.10 Å². The molecule has 2 unspecified atom stereocenters. The molecule has 1 aromatic rings. The van der Waals surface area contributed by atoms with Gasteiger partial charge in [0.2, 0.25) is 0 Å². The molecule has 1 heteroatoms. The van der Waals surface area contributed by atoms with Crippen molar-refractivity contribution >= 4 is 0 Å². The Morgan fingerprint density at radius 3 is 2.13 bits per heavy atom. The maximum atomic E-state index is 10.0. The van der Waals surface area contributed by atoms with Gasteiger partial charge in [-0.15, -0.1) is 0 Å². The van der Waals surface area contributed by atoms with Crippen LogP contribution in [0.5, 0.6) is 0 Å². The molecule has 0 spiro atoms. The monoisotopic (exact) mass is 206 g/mol. The van der Waals surface area contributed by atoms with Gasteiger partial charge in [0.15, 0.2) is 0 Å². The highest BCUT2D eigenvalue weighted by atomic mass is 16.3. The molecule has 2 atom stereocenters. The molecule has 0 amide bonds. The van der Waals surface area contributed by atoms with E-state index in [0.29, 0.717) is 5.92 Å². The summed E-state index contributed by atoms with van der Waals surface area (Å²) in [7, 11) is 0. The van der Waals surface area contributed by atoms with Gasteiger partial charge >= 0.3 is 0 Å². The third kappa shape index (κ3) is 2.82. The molecule has 1 nitrogen and oxygen atoms in total. The van der Waals surface area contributed by atoms with E-state index in [2.05, 4.69) is 52.8 Å². The SMILES string of the molecule is Cc1ccc(C(C)C(O)C(C)C)c(C)c1. The summed E-state index contributed by atoms with van der Waals surface area (Å²) in [5, 5.41) is 10.0. The highest BCUT2D eigenvalue weighted by molar-refractivity contribution is 5.33. The van der Waals surface area contributed by atoms with E-state index >= 15 is 0 Å². The third-order valence-corrected chi connectivity index (χ3v) is 3.11. The lowest BCUT2D eigenvalue weighted by molar-refractivity contribution is 0.102. The molecular formula is C14H22O. The van der Waals surface area contributed by atoms with E-state index in [9.17, 15) is 5.11 Å². The van der Waals surface area contributed by atoms with E-state index in [1.54, 1.807) is 0 Å². The first-order chi connectivity index (χ1) is 6.93. The van der Waals surface area contributed by atoms with E-state index in [1.165, 1.54) is 16.7 Å². The predicted molar refractivity (Wildman–Crippen MR) is 65.2 cm³/mol. The lowest BCUT2D eigenvalue weighted by atomic mass is 9.86. The molecule has 0 bridgehead atoms. The van der Waals surface area contributed by atoms with Crippen molar-refractivity contribution in [3.63, 3.8) is 0 Å². The minimum absolute atomic E-state index is 0.214. The average molecular weight is 206 g/mol. The zero-order valence-electron chi connectivity index (χ0n) is 10.4. The van der Waals surface area contributed by atoms with Crippen LogP contribution in [0.15, 0.2) is 18.2 Å². The van der Waals surface area contributed by atoms with Gasteiger partial charge in [0.25, 0.3) is 0 Å². The number of aliphatic hydroxyl groups is 1. The second-order valence-corrected chi connectivity index (χ2v) is 4.88. The normalized spacial score (nSPS) is 15.4. The number of aliphatic hydroxyl groups excluding tert-OH is 1. The summed E-state index contributed by atoms with van der Waals surface area (Å²) in [6.45, 7) is 10.4. The molecule has 0 fully saturated rings. The maximum absolute atomic E-state index is 10.0. The molecule has 0 saturated carbocycles. The Hall–Kier alpha value is -0.820. The van der Waals surface area contributed by atoms with Gasteiger partial charge in [-0.3, -0.25) is 0 Å². The van der Waals surface area contributed by atoms with E-state index in [1.807, 2.05) is 0 Å². The quantitative estimate of drug-likeness (QED) is 0.803. The van der Waals surface area contributed by atoms with Crippen LogP contribution in [-0.2, 0) is 0 Å². The van der Waals surface area contributed by atoms with Gasteiger partial charge < -0.3 is 5.11 Å². The minimum Gasteiger partial charge on any atom is -0.392 e. The van der Waals surface area contributed by atoms with Gasteiger partial charge in [0.1, 0.15) is 0 Å². The highest BCUT2D eigenvalue weighted by Gasteiger charge is 2.20. The van der Waals surface area contributed by atoms with E-state index < -0.39 is 0 Å². The van der Waals surface area contributed by atoms with Crippen LogP contribution in [0.2, 0.25) is 0 Å². The van der Waals surface area contributed by atoms with Crippen LogP contribution >= 0.6 is 0 Å². The van der Waals surface area contributed by atoms with Crippen LogP contribution in [-0.4, -0.2) is 11.2 Å². The fraction of sp³-hybridized carbons (Fsp3) is 0.571. The van der Waals surface area contributed by atoms with Crippen molar-refractivity contribution in [2.45, 2.75) is 46.6 Å². The number of hydrogen-bond acceptors (Lipinski definition) is 1. The third-order valence-electron chi connectivity index (χ3n) is 3.11. The molecule has 1 rings (SSSR count). The molecule has 1 N–H and O–H groups in total. The Bertz CT molecular complexity index is 328. The van der Waals surface area contributed by atoms with Crippen molar-refractivity contribution in [2.24, 2.45) is 5.92 Å². The molecule has 84 valence electrons. The number of benzene rings is 1. The molecule has 0 aliphatic rings. The van der Waals surface area contributed by atoms with Crippen LogP contribution < -0.4 is 0 Å². The van der Waals surface area contributed by atoms with Gasteiger partial charge in [-0.2, -0.15) is 0 Å². The zero-order valence-corrected chi connectivity index (χ0v) is 10.4. The lowest BCUT2D eigenvalue weighted by Gasteiger charge is -2.24. The molecule has 15 heavy (non-hydrogen) atoms. The molecule has 0 radical (unpaired) electrons. The Morgan fingerprint density at radius 1 is 1.07 bits per heavy atom. The van der Waals surface area contributed by atoms with Crippen LogP contribution in [0.4, 0.5) is 0 Å². The Morgan fingerprint density at radius 2 is 1.67 bits per heavy atom.